The number of piperazine rings is 1. The summed E-state index contributed by atoms with van der Waals surface area (Å²) in [6.07, 6.45) is -4.64. The van der Waals surface area contributed by atoms with Crippen LogP contribution in [0.4, 0.5) is 29.1 Å². The van der Waals surface area contributed by atoms with E-state index in [1.807, 2.05) is 0 Å². The number of aromatic nitrogens is 2. The first kappa shape index (κ1) is 23.5. The molecule has 0 radical (unpaired) electrons. The number of nitrogens with zero attached hydrogens (tertiary/aromatic N) is 4. The molecule has 3 heterocycles. The minimum atomic E-state index is -4.64. The van der Waals surface area contributed by atoms with Crippen LogP contribution in [0.1, 0.15) is 31.8 Å². The zero-order chi connectivity index (χ0) is 25.6. The molecule has 12 heteroatoms. The van der Waals surface area contributed by atoms with Gasteiger partial charge in [0, 0.05) is 38.3 Å². The number of hydrogen-bond acceptors (Lipinski definition) is 6. The predicted molar refractivity (Wildman–Crippen MR) is 121 cm³/mol. The highest BCUT2D eigenvalue weighted by Gasteiger charge is 2.36. The SMILES string of the molecule is Cc1cc(F)cc2c1NC(=O)c1cc(N3CCN(C(=O)c4ccccc4C(F)(F)F)CC3)nnc1O2. The Hall–Kier alpha value is -4.22. The summed E-state index contributed by atoms with van der Waals surface area (Å²) in [5.41, 5.74) is -0.479. The monoisotopic (exact) mass is 501 g/mol. The van der Waals surface area contributed by atoms with Crippen molar-refractivity contribution in [1.82, 2.24) is 15.1 Å². The van der Waals surface area contributed by atoms with Crippen LogP contribution in [0.2, 0.25) is 0 Å². The first-order valence-corrected chi connectivity index (χ1v) is 11.0. The Kier molecular flexibility index (Phi) is 5.73. The van der Waals surface area contributed by atoms with Crippen molar-refractivity contribution < 1.29 is 31.9 Å². The lowest BCUT2D eigenvalue weighted by Crippen LogP contribution is -2.49. The number of ether oxygens (including phenoxy) is 1. The fraction of sp³-hybridized carbons (Fsp3) is 0.250. The molecule has 36 heavy (non-hydrogen) atoms. The third-order valence-corrected chi connectivity index (χ3v) is 6.05. The summed E-state index contributed by atoms with van der Waals surface area (Å²) in [5, 5.41) is 10.8. The van der Waals surface area contributed by atoms with Crippen molar-refractivity contribution in [3.05, 3.63) is 70.5 Å². The van der Waals surface area contributed by atoms with E-state index in [0.29, 0.717) is 17.1 Å². The van der Waals surface area contributed by atoms with Gasteiger partial charge in [-0.25, -0.2) is 4.39 Å². The van der Waals surface area contributed by atoms with Crippen molar-refractivity contribution in [2.45, 2.75) is 13.1 Å². The van der Waals surface area contributed by atoms with Crippen LogP contribution in [0.25, 0.3) is 0 Å². The highest BCUT2D eigenvalue weighted by molar-refractivity contribution is 6.08. The molecule has 8 nitrogen and oxygen atoms in total. The molecular formula is C24H19F4N5O3. The molecule has 0 unspecified atom stereocenters. The van der Waals surface area contributed by atoms with Crippen LogP contribution < -0.4 is 15.0 Å². The second kappa shape index (κ2) is 8.77. The topological polar surface area (TPSA) is 87.7 Å². The molecule has 1 fully saturated rings. The van der Waals surface area contributed by atoms with Gasteiger partial charge in [0.15, 0.2) is 11.6 Å². The average Bonchev–Trinajstić information content (AvgIpc) is 2.99. The van der Waals surface area contributed by atoms with Gasteiger partial charge in [0.25, 0.3) is 17.7 Å². The van der Waals surface area contributed by atoms with E-state index in [9.17, 15) is 27.2 Å². The molecule has 2 aromatic carbocycles. The highest BCUT2D eigenvalue weighted by Crippen LogP contribution is 2.38. The van der Waals surface area contributed by atoms with E-state index in [4.69, 9.17) is 4.74 Å². The number of hydrogen-bond donors (Lipinski definition) is 1. The Balaban J connectivity index is 1.33. The lowest BCUT2D eigenvalue weighted by atomic mass is 10.1. The lowest BCUT2D eigenvalue weighted by molar-refractivity contribution is -0.138. The number of alkyl halides is 3. The standard InChI is InChI=1S/C24H19F4N5O3/c1-13-10-14(25)11-18-20(13)29-21(34)16-12-19(30-31-22(16)36-18)32-6-8-33(9-7-32)23(35)15-4-2-3-5-17(15)24(26,27)28/h2-5,10-12H,6-9H2,1H3,(H,29,34). The summed E-state index contributed by atoms with van der Waals surface area (Å²) >= 11 is 0. The predicted octanol–water partition coefficient (Wildman–Crippen LogP) is 4.26. The molecule has 2 aliphatic heterocycles. The Bertz CT molecular complexity index is 1370. The maximum atomic E-state index is 13.8. The number of carbonyl (C=O) groups is 2. The summed E-state index contributed by atoms with van der Waals surface area (Å²) in [4.78, 5) is 28.8. The second-order valence-corrected chi connectivity index (χ2v) is 8.40. The molecule has 2 aliphatic rings. The van der Waals surface area contributed by atoms with E-state index in [-0.39, 0.29) is 43.4 Å². The third-order valence-electron chi connectivity index (χ3n) is 6.05. The molecule has 5 rings (SSSR count). The van der Waals surface area contributed by atoms with Gasteiger partial charge in [0.2, 0.25) is 0 Å². The molecule has 0 spiro atoms. The first-order chi connectivity index (χ1) is 17.1. The lowest BCUT2D eigenvalue weighted by Gasteiger charge is -2.35. The van der Waals surface area contributed by atoms with Crippen LogP contribution in [0, 0.1) is 12.7 Å². The fourth-order valence-electron chi connectivity index (χ4n) is 4.23. The molecule has 0 atom stereocenters. The normalized spacial score (nSPS) is 15.4. The zero-order valence-corrected chi connectivity index (χ0v) is 18.9. The van der Waals surface area contributed by atoms with Crippen LogP contribution in [-0.2, 0) is 6.18 Å². The van der Waals surface area contributed by atoms with Gasteiger partial charge in [0.1, 0.15) is 11.4 Å². The summed E-state index contributed by atoms with van der Waals surface area (Å²) in [6, 6.07) is 8.57. The minimum Gasteiger partial charge on any atom is -0.435 e. The van der Waals surface area contributed by atoms with Gasteiger partial charge in [-0.3, -0.25) is 9.59 Å². The Morgan fingerprint density at radius 1 is 1.06 bits per heavy atom. The van der Waals surface area contributed by atoms with Gasteiger partial charge in [-0.2, -0.15) is 13.2 Å². The number of nitrogens with one attached hydrogen (secondary N) is 1. The number of amides is 2. The zero-order valence-electron chi connectivity index (χ0n) is 18.9. The molecule has 0 aliphatic carbocycles. The first-order valence-electron chi connectivity index (χ1n) is 11.0. The summed E-state index contributed by atoms with van der Waals surface area (Å²) in [6.45, 7) is 2.46. The van der Waals surface area contributed by atoms with Crippen LogP contribution in [-0.4, -0.2) is 53.1 Å². The van der Waals surface area contributed by atoms with Crippen LogP contribution in [0.5, 0.6) is 11.6 Å². The smallest absolute Gasteiger partial charge is 0.417 e. The fourth-order valence-corrected chi connectivity index (χ4v) is 4.23. The molecule has 0 saturated carbocycles. The molecule has 186 valence electrons. The number of rotatable bonds is 2. The summed E-state index contributed by atoms with van der Waals surface area (Å²) < 4.78 is 59.5. The molecule has 0 bridgehead atoms. The number of halogens is 4. The summed E-state index contributed by atoms with van der Waals surface area (Å²) in [7, 11) is 0. The van der Waals surface area contributed by atoms with Crippen molar-refractivity contribution >= 4 is 23.3 Å². The Morgan fingerprint density at radius 3 is 2.50 bits per heavy atom. The molecule has 1 aromatic heterocycles. The van der Waals surface area contributed by atoms with Crippen molar-refractivity contribution in [2.75, 3.05) is 36.4 Å². The van der Waals surface area contributed by atoms with Crippen LogP contribution in [0.15, 0.2) is 42.5 Å². The Labute approximate surface area is 202 Å². The average molecular weight is 501 g/mol. The van der Waals surface area contributed by atoms with Crippen molar-refractivity contribution in [3.8, 4) is 11.6 Å². The Morgan fingerprint density at radius 2 is 1.78 bits per heavy atom. The maximum Gasteiger partial charge on any atom is 0.417 e. The molecule has 2 amide bonds. The number of carbonyl (C=O) groups excluding carboxylic acids is 2. The minimum absolute atomic E-state index is 0.0856. The van der Waals surface area contributed by atoms with Crippen molar-refractivity contribution in [2.24, 2.45) is 0 Å². The van der Waals surface area contributed by atoms with Gasteiger partial charge in [-0.1, -0.05) is 12.1 Å². The summed E-state index contributed by atoms with van der Waals surface area (Å²) in [5.74, 6) is -1.38. The molecule has 1 saturated heterocycles. The van der Waals surface area contributed by atoms with E-state index < -0.39 is 34.9 Å². The van der Waals surface area contributed by atoms with E-state index in [1.54, 1.807) is 11.8 Å². The van der Waals surface area contributed by atoms with Crippen molar-refractivity contribution in [3.63, 3.8) is 0 Å². The van der Waals surface area contributed by atoms with Crippen LogP contribution in [0.3, 0.4) is 0 Å². The number of fused-ring (bicyclic) bond motifs is 2. The van der Waals surface area contributed by atoms with E-state index in [1.165, 1.54) is 35.2 Å². The van der Waals surface area contributed by atoms with Gasteiger partial charge < -0.3 is 19.9 Å². The maximum absolute atomic E-state index is 13.8. The number of anilines is 2. The molecular weight excluding hydrogens is 482 g/mol. The van der Waals surface area contributed by atoms with Crippen LogP contribution >= 0.6 is 0 Å². The molecule has 1 N–H and O–H groups in total. The second-order valence-electron chi connectivity index (χ2n) is 8.40. The van der Waals surface area contributed by atoms with E-state index in [0.717, 1.165) is 12.1 Å². The van der Waals surface area contributed by atoms with Gasteiger partial charge >= 0.3 is 6.18 Å². The van der Waals surface area contributed by atoms with Gasteiger partial charge in [-0.15, -0.1) is 10.2 Å². The van der Waals surface area contributed by atoms with Crippen molar-refractivity contribution in [1.29, 1.82) is 0 Å². The third kappa shape index (κ3) is 4.30. The van der Waals surface area contributed by atoms with Gasteiger partial charge in [-0.05, 0) is 30.7 Å². The largest absolute Gasteiger partial charge is 0.435 e. The number of aryl methyl sites for hydroxylation is 1. The molecule has 3 aromatic rings. The van der Waals surface area contributed by atoms with E-state index >= 15 is 0 Å². The highest BCUT2D eigenvalue weighted by atomic mass is 19.4. The number of benzene rings is 2. The van der Waals surface area contributed by atoms with Gasteiger partial charge in [0.05, 0.1) is 16.8 Å². The quantitative estimate of drug-likeness (QED) is 0.528. The van der Waals surface area contributed by atoms with E-state index in [2.05, 4.69) is 15.5 Å².